The number of hydrogen-bond donors (Lipinski definition) is 1. The topological polar surface area (TPSA) is 63.3 Å². The molecular weight excluding hydrogens is 418 g/mol. The molecule has 0 aliphatic heterocycles. The Hall–Kier alpha value is -2.77. The van der Waals surface area contributed by atoms with Crippen molar-refractivity contribution in [2.45, 2.75) is 6.18 Å². The highest BCUT2D eigenvalue weighted by Gasteiger charge is 2.31. The molecule has 0 aliphatic carbocycles. The molecule has 0 radical (unpaired) electrons. The molecule has 9 heteroatoms. The molecule has 1 N–H and O–H groups in total. The fourth-order valence-corrected chi connectivity index (χ4v) is 3.46. The number of benzene rings is 2. The SMILES string of the molecule is O=C(O)c1cc(-c2cc3cc(Cl)cc(Cl)c3o2)nc2ccc(C(F)(F)F)cc12. The summed E-state index contributed by atoms with van der Waals surface area (Å²) >= 11 is 12.1. The Bertz CT molecular complexity index is 1260. The largest absolute Gasteiger partial charge is 0.478 e. The van der Waals surface area contributed by atoms with Gasteiger partial charge in [0.2, 0.25) is 0 Å². The lowest BCUT2D eigenvalue weighted by Crippen LogP contribution is -2.06. The number of carbonyl (C=O) groups is 1. The summed E-state index contributed by atoms with van der Waals surface area (Å²) in [5, 5.41) is 10.6. The zero-order valence-corrected chi connectivity index (χ0v) is 15.2. The van der Waals surface area contributed by atoms with E-state index in [0.29, 0.717) is 16.0 Å². The van der Waals surface area contributed by atoms with Gasteiger partial charge in [-0.15, -0.1) is 0 Å². The van der Waals surface area contributed by atoms with E-state index < -0.39 is 17.7 Å². The minimum absolute atomic E-state index is 0.0903. The van der Waals surface area contributed by atoms with Crippen molar-refractivity contribution in [2.24, 2.45) is 0 Å². The Morgan fingerprint density at radius 2 is 1.82 bits per heavy atom. The quantitative estimate of drug-likeness (QED) is 0.389. The van der Waals surface area contributed by atoms with Crippen LogP contribution in [0.15, 0.2) is 46.9 Å². The molecule has 28 heavy (non-hydrogen) atoms. The second-order valence-corrected chi connectivity index (χ2v) is 6.85. The van der Waals surface area contributed by atoms with Crippen molar-refractivity contribution in [1.82, 2.24) is 4.98 Å². The number of aromatic nitrogens is 1. The smallest absolute Gasteiger partial charge is 0.416 e. The first-order chi connectivity index (χ1) is 13.1. The van der Waals surface area contributed by atoms with Gasteiger partial charge in [0.05, 0.1) is 21.7 Å². The Morgan fingerprint density at radius 3 is 2.50 bits per heavy atom. The van der Waals surface area contributed by atoms with E-state index in [1.165, 1.54) is 6.07 Å². The molecule has 0 saturated heterocycles. The van der Waals surface area contributed by atoms with E-state index in [9.17, 15) is 23.1 Å². The van der Waals surface area contributed by atoms with Crippen LogP contribution in [-0.2, 0) is 6.18 Å². The van der Waals surface area contributed by atoms with Crippen molar-refractivity contribution >= 4 is 51.0 Å². The number of hydrogen-bond acceptors (Lipinski definition) is 3. The summed E-state index contributed by atoms with van der Waals surface area (Å²) in [6.45, 7) is 0. The molecule has 142 valence electrons. The molecule has 0 saturated carbocycles. The third kappa shape index (κ3) is 3.16. The van der Waals surface area contributed by atoms with Crippen LogP contribution in [0.4, 0.5) is 13.2 Å². The van der Waals surface area contributed by atoms with Crippen LogP contribution in [0, 0.1) is 0 Å². The van der Waals surface area contributed by atoms with Crippen LogP contribution >= 0.6 is 23.2 Å². The molecule has 0 spiro atoms. The molecule has 4 rings (SSSR count). The van der Waals surface area contributed by atoms with Crippen LogP contribution in [0.5, 0.6) is 0 Å². The van der Waals surface area contributed by atoms with Gasteiger partial charge < -0.3 is 9.52 Å². The number of carboxylic acid groups (broad SMARTS) is 1. The normalized spacial score (nSPS) is 12.0. The fourth-order valence-electron chi connectivity index (χ4n) is 2.91. The van der Waals surface area contributed by atoms with Crippen LogP contribution in [-0.4, -0.2) is 16.1 Å². The first-order valence-electron chi connectivity index (χ1n) is 7.78. The molecule has 0 amide bonds. The summed E-state index contributed by atoms with van der Waals surface area (Å²) in [7, 11) is 0. The van der Waals surface area contributed by atoms with Gasteiger partial charge in [-0.25, -0.2) is 9.78 Å². The maximum Gasteiger partial charge on any atom is 0.416 e. The maximum absolute atomic E-state index is 13.0. The Morgan fingerprint density at radius 1 is 1.07 bits per heavy atom. The van der Waals surface area contributed by atoms with Crippen LogP contribution in [0.1, 0.15) is 15.9 Å². The van der Waals surface area contributed by atoms with E-state index >= 15 is 0 Å². The highest BCUT2D eigenvalue weighted by molar-refractivity contribution is 6.38. The number of carboxylic acids is 1. The van der Waals surface area contributed by atoms with Gasteiger partial charge >= 0.3 is 12.1 Å². The first-order valence-corrected chi connectivity index (χ1v) is 8.53. The molecule has 4 nitrogen and oxygen atoms in total. The Kier molecular flexibility index (Phi) is 4.24. The van der Waals surface area contributed by atoms with Gasteiger partial charge in [-0.2, -0.15) is 13.2 Å². The predicted molar refractivity (Wildman–Crippen MR) is 98.9 cm³/mol. The van der Waals surface area contributed by atoms with Crippen molar-refractivity contribution in [3.63, 3.8) is 0 Å². The van der Waals surface area contributed by atoms with Crippen molar-refractivity contribution in [3.05, 3.63) is 63.6 Å². The molecule has 0 unspecified atom stereocenters. The van der Waals surface area contributed by atoms with E-state index in [1.54, 1.807) is 12.1 Å². The third-order valence-electron chi connectivity index (χ3n) is 4.15. The molecule has 0 fully saturated rings. The standard InChI is InChI=1S/C19H8Cl2F3NO3/c20-10-3-8-4-16(28-17(8)13(21)6-10)15-7-12(18(26)27)11-5-9(19(22,23)24)1-2-14(11)25-15/h1-7H,(H,26,27). The first kappa shape index (κ1) is 18.6. The lowest BCUT2D eigenvalue weighted by Gasteiger charge is -2.10. The van der Waals surface area contributed by atoms with Gasteiger partial charge in [-0.3, -0.25) is 0 Å². The van der Waals surface area contributed by atoms with E-state index in [4.69, 9.17) is 27.6 Å². The number of halogens is 5. The second-order valence-electron chi connectivity index (χ2n) is 6.01. The summed E-state index contributed by atoms with van der Waals surface area (Å²) < 4.78 is 44.6. The summed E-state index contributed by atoms with van der Waals surface area (Å²) in [5.41, 5.74) is -0.703. The number of rotatable bonds is 2. The third-order valence-corrected chi connectivity index (χ3v) is 4.65. The van der Waals surface area contributed by atoms with Gasteiger partial charge in [-0.1, -0.05) is 23.2 Å². The van der Waals surface area contributed by atoms with Gasteiger partial charge in [0.15, 0.2) is 11.3 Å². The van der Waals surface area contributed by atoms with E-state index in [2.05, 4.69) is 4.98 Å². The molecule has 2 aromatic carbocycles. The minimum atomic E-state index is -4.60. The highest BCUT2D eigenvalue weighted by Crippen LogP contribution is 2.36. The number of fused-ring (bicyclic) bond motifs is 2. The lowest BCUT2D eigenvalue weighted by molar-refractivity contribution is -0.137. The zero-order chi connectivity index (χ0) is 20.2. The average Bonchev–Trinajstić information content (AvgIpc) is 3.03. The van der Waals surface area contributed by atoms with Gasteiger partial charge in [0, 0.05) is 15.8 Å². The zero-order valence-electron chi connectivity index (χ0n) is 13.6. The Balaban J connectivity index is 1.96. The molecule has 4 aromatic rings. The lowest BCUT2D eigenvalue weighted by atomic mass is 10.0. The van der Waals surface area contributed by atoms with E-state index in [1.807, 2.05) is 0 Å². The fraction of sp³-hybridized carbons (Fsp3) is 0.0526. The Labute approximate surface area is 165 Å². The van der Waals surface area contributed by atoms with Gasteiger partial charge in [0.25, 0.3) is 0 Å². The van der Waals surface area contributed by atoms with E-state index in [-0.39, 0.29) is 32.9 Å². The van der Waals surface area contributed by atoms with Crippen LogP contribution in [0.2, 0.25) is 10.0 Å². The molecule has 0 aliphatic rings. The van der Waals surface area contributed by atoms with Crippen LogP contribution in [0.3, 0.4) is 0 Å². The average molecular weight is 426 g/mol. The highest BCUT2D eigenvalue weighted by atomic mass is 35.5. The predicted octanol–water partition coefficient (Wildman–Crippen LogP) is 6.67. The molecule has 0 atom stereocenters. The van der Waals surface area contributed by atoms with Crippen molar-refractivity contribution in [1.29, 1.82) is 0 Å². The maximum atomic E-state index is 13.0. The van der Waals surface area contributed by atoms with Crippen LogP contribution < -0.4 is 0 Å². The van der Waals surface area contributed by atoms with Gasteiger partial charge in [0.1, 0.15) is 5.69 Å². The minimum Gasteiger partial charge on any atom is -0.478 e. The number of pyridine rings is 1. The number of furan rings is 1. The van der Waals surface area contributed by atoms with Crippen LogP contribution in [0.25, 0.3) is 33.3 Å². The van der Waals surface area contributed by atoms with E-state index in [0.717, 1.165) is 24.3 Å². The summed E-state index contributed by atoms with van der Waals surface area (Å²) in [6.07, 6.45) is -4.60. The summed E-state index contributed by atoms with van der Waals surface area (Å²) in [6, 6.07) is 8.60. The van der Waals surface area contributed by atoms with Gasteiger partial charge in [-0.05, 0) is 42.5 Å². The molecular formula is C19H8Cl2F3NO3. The monoisotopic (exact) mass is 425 g/mol. The molecule has 0 bridgehead atoms. The summed E-state index contributed by atoms with van der Waals surface area (Å²) in [5.74, 6) is -1.17. The number of nitrogens with zero attached hydrogens (tertiary/aromatic N) is 1. The molecule has 2 heterocycles. The number of aromatic carboxylic acids is 1. The van der Waals surface area contributed by atoms with Crippen molar-refractivity contribution in [2.75, 3.05) is 0 Å². The second kappa shape index (κ2) is 6.39. The number of alkyl halides is 3. The molecule has 2 aromatic heterocycles. The van der Waals surface area contributed by atoms with Crippen molar-refractivity contribution < 1.29 is 27.5 Å². The van der Waals surface area contributed by atoms with Crippen molar-refractivity contribution in [3.8, 4) is 11.5 Å². The summed E-state index contributed by atoms with van der Waals surface area (Å²) in [4.78, 5) is 15.9.